The summed E-state index contributed by atoms with van der Waals surface area (Å²) in [5.74, 6) is 0.946. The molecule has 0 atom stereocenters. The minimum absolute atomic E-state index is 0.588. The molecule has 0 saturated heterocycles. The SMILES string of the molecule is CCCN(C)c1ccc2nc(CCN)c(Br)n2n1. The quantitative estimate of drug-likeness (QED) is 0.915. The summed E-state index contributed by atoms with van der Waals surface area (Å²) in [6, 6.07) is 3.98. The van der Waals surface area contributed by atoms with E-state index in [0.29, 0.717) is 6.54 Å². The number of hydrogen-bond donors (Lipinski definition) is 1. The van der Waals surface area contributed by atoms with Crippen molar-refractivity contribution in [1.82, 2.24) is 14.6 Å². The van der Waals surface area contributed by atoms with Crippen molar-refractivity contribution in [3.63, 3.8) is 0 Å². The first-order chi connectivity index (χ1) is 8.67. The van der Waals surface area contributed by atoms with E-state index in [1.165, 1.54) is 0 Å². The molecule has 18 heavy (non-hydrogen) atoms. The average Bonchev–Trinajstić information content (AvgIpc) is 2.67. The second kappa shape index (κ2) is 5.67. The second-order valence-electron chi connectivity index (χ2n) is 4.27. The molecule has 2 aromatic rings. The first kappa shape index (κ1) is 13.3. The third kappa shape index (κ3) is 2.49. The van der Waals surface area contributed by atoms with Gasteiger partial charge < -0.3 is 10.6 Å². The standard InChI is InChI=1S/C12H18BrN5/c1-3-8-17(2)11-5-4-10-15-9(6-7-14)12(13)18(10)16-11/h4-5H,3,6-8,14H2,1-2H3. The van der Waals surface area contributed by atoms with E-state index in [1.807, 2.05) is 23.7 Å². The van der Waals surface area contributed by atoms with Crippen molar-refractivity contribution in [2.75, 3.05) is 25.0 Å². The van der Waals surface area contributed by atoms with Crippen LogP contribution in [0.5, 0.6) is 0 Å². The van der Waals surface area contributed by atoms with Gasteiger partial charge in [-0.05, 0) is 41.0 Å². The smallest absolute Gasteiger partial charge is 0.155 e. The molecule has 0 aliphatic heterocycles. The Hall–Kier alpha value is -1.14. The van der Waals surface area contributed by atoms with Crippen LogP contribution in [0.4, 0.5) is 5.82 Å². The normalized spacial score (nSPS) is 11.1. The topological polar surface area (TPSA) is 59.5 Å². The van der Waals surface area contributed by atoms with Gasteiger partial charge in [0.05, 0.1) is 5.69 Å². The monoisotopic (exact) mass is 311 g/mol. The molecule has 98 valence electrons. The number of imidazole rings is 1. The van der Waals surface area contributed by atoms with Crippen molar-refractivity contribution in [1.29, 1.82) is 0 Å². The number of rotatable bonds is 5. The van der Waals surface area contributed by atoms with Gasteiger partial charge >= 0.3 is 0 Å². The Balaban J connectivity index is 2.41. The second-order valence-corrected chi connectivity index (χ2v) is 5.02. The lowest BCUT2D eigenvalue weighted by atomic mass is 10.3. The maximum Gasteiger partial charge on any atom is 0.155 e. The maximum absolute atomic E-state index is 5.57. The summed E-state index contributed by atoms with van der Waals surface area (Å²) in [7, 11) is 2.04. The van der Waals surface area contributed by atoms with Crippen molar-refractivity contribution < 1.29 is 0 Å². The molecule has 0 bridgehead atoms. The van der Waals surface area contributed by atoms with E-state index in [4.69, 9.17) is 5.73 Å². The Bertz CT molecular complexity index is 536. The zero-order valence-corrected chi connectivity index (χ0v) is 12.3. The van der Waals surface area contributed by atoms with Crippen molar-refractivity contribution in [3.05, 3.63) is 22.4 Å². The molecule has 0 aromatic carbocycles. The van der Waals surface area contributed by atoms with Crippen LogP contribution in [-0.2, 0) is 6.42 Å². The number of hydrogen-bond acceptors (Lipinski definition) is 4. The molecule has 0 aliphatic rings. The molecular weight excluding hydrogens is 294 g/mol. The molecule has 0 radical (unpaired) electrons. The van der Waals surface area contributed by atoms with Gasteiger partial charge in [-0.3, -0.25) is 0 Å². The van der Waals surface area contributed by atoms with Crippen molar-refractivity contribution in [3.8, 4) is 0 Å². The molecule has 0 saturated carbocycles. The molecule has 0 fully saturated rings. The highest BCUT2D eigenvalue weighted by Gasteiger charge is 2.11. The molecular formula is C12H18BrN5. The van der Waals surface area contributed by atoms with Crippen LogP contribution in [0.15, 0.2) is 16.7 Å². The van der Waals surface area contributed by atoms with E-state index in [2.05, 4.69) is 37.8 Å². The molecule has 5 nitrogen and oxygen atoms in total. The molecule has 2 N–H and O–H groups in total. The predicted octanol–water partition coefficient (Wildman–Crippen LogP) is 1.84. The summed E-state index contributed by atoms with van der Waals surface area (Å²) in [5.41, 5.74) is 7.38. The Morgan fingerprint density at radius 3 is 2.89 bits per heavy atom. The van der Waals surface area contributed by atoms with Crippen LogP contribution in [0.2, 0.25) is 0 Å². The lowest BCUT2D eigenvalue weighted by Crippen LogP contribution is -2.19. The highest BCUT2D eigenvalue weighted by Crippen LogP contribution is 2.20. The van der Waals surface area contributed by atoms with Crippen LogP contribution in [0.25, 0.3) is 5.65 Å². The maximum atomic E-state index is 5.57. The van der Waals surface area contributed by atoms with Gasteiger partial charge in [0.1, 0.15) is 10.4 Å². The first-order valence-corrected chi connectivity index (χ1v) is 6.92. The third-order valence-corrected chi connectivity index (χ3v) is 3.60. The number of fused-ring (bicyclic) bond motifs is 1. The van der Waals surface area contributed by atoms with Gasteiger partial charge in [-0.2, -0.15) is 0 Å². The molecule has 0 spiro atoms. The molecule has 2 rings (SSSR count). The van der Waals surface area contributed by atoms with E-state index in [-0.39, 0.29) is 0 Å². The summed E-state index contributed by atoms with van der Waals surface area (Å²) in [6.45, 7) is 3.73. The van der Waals surface area contributed by atoms with Crippen LogP contribution in [-0.4, -0.2) is 34.7 Å². The minimum Gasteiger partial charge on any atom is -0.358 e. The predicted molar refractivity (Wildman–Crippen MR) is 77.0 cm³/mol. The third-order valence-electron chi connectivity index (χ3n) is 2.81. The Morgan fingerprint density at radius 1 is 1.44 bits per heavy atom. The zero-order chi connectivity index (χ0) is 13.1. The van der Waals surface area contributed by atoms with E-state index >= 15 is 0 Å². The molecule has 0 aliphatic carbocycles. The highest BCUT2D eigenvalue weighted by atomic mass is 79.9. The summed E-state index contributed by atoms with van der Waals surface area (Å²) >= 11 is 3.54. The lowest BCUT2D eigenvalue weighted by molar-refractivity contribution is 0.802. The van der Waals surface area contributed by atoms with Gasteiger partial charge in [0, 0.05) is 20.0 Å². The van der Waals surface area contributed by atoms with Crippen LogP contribution in [0.1, 0.15) is 19.0 Å². The van der Waals surface area contributed by atoms with Gasteiger partial charge in [-0.25, -0.2) is 9.50 Å². The number of halogens is 1. The molecule has 2 heterocycles. The van der Waals surface area contributed by atoms with Crippen molar-refractivity contribution in [2.45, 2.75) is 19.8 Å². The Morgan fingerprint density at radius 2 is 2.22 bits per heavy atom. The van der Waals surface area contributed by atoms with Gasteiger partial charge in [0.15, 0.2) is 5.65 Å². The van der Waals surface area contributed by atoms with Crippen LogP contribution < -0.4 is 10.6 Å². The van der Waals surface area contributed by atoms with Crippen LogP contribution >= 0.6 is 15.9 Å². The fourth-order valence-corrected chi connectivity index (χ4v) is 2.44. The van der Waals surface area contributed by atoms with E-state index in [9.17, 15) is 0 Å². The summed E-state index contributed by atoms with van der Waals surface area (Å²) in [6.07, 6.45) is 1.85. The van der Waals surface area contributed by atoms with E-state index in [1.54, 1.807) is 0 Å². The van der Waals surface area contributed by atoms with Gasteiger partial charge in [0.2, 0.25) is 0 Å². The number of nitrogens with two attached hydrogens (primary N) is 1. The van der Waals surface area contributed by atoms with E-state index < -0.39 is 0 Å². The molecule has 6 heteroatoms. The number of anilines is 1. The molecule has 0 unspecified atom stereocenters. The summed E-state index contributed by atoms with van der Waals surface area (Å²) < 4.78 is 2.72. The van der Waals surface area contributed by atoms with Gasteiger partial charge in [-0.15, -0.1) is 5.10 Å². The summed E-state index contributed by atoms with van der Waals surface area (Å²) in [4.78, 5) is 6.64. The Labute approximate surface area is 115 Å². The molecule has 2 aromatic heterocycles. The summed E-state index contributed by atoms with van der Waals surface area (Å²) in [5, 5.41) is 4.59. The van der Waals surface area contributed by atoms with Crippen LogP contribution in [0.3, 0.4) is 0 Å². The van der Waals surface area contributed by atoms with E-state index in [0.717, 1.165) is 41.1 Å². The minimum atomic E-state index is 0.588. The van der Waals surface area contributed by atoms with Crippen molar-refractivity contribution >= 4 is 27.4 Å². The molecule has 0 amide bonds. The lowest BCUT2D eigenvalue weighted by Gasteiger charge is -2.16. The number of nitrogens with zero attached hydrogens (tertiary/aromatic N) is 4. The average molecular weight is 312 g/mol. The highest BCUT2D eigenvalue weighted by molar-refractivity contribution is 9.10. The van der Waals surface area contributed by atoms with Crippen LogP contribution in [0, 0.1) is 0 Å². The van der Waals surface area contributed by atoms with Gasteiger partial charge in [0.25, 0.3) is 0 Å². The first-order valence-electron chi connectivity index (χ1n) is 6.12. The van der Waals surface area contributed by atoms with Crippen molar-refractivity contribution in [2.24, 2.45) is 5.73 Å². The fraction of sp³-hybridized carbons (Fsp3) is 0.500. The zero-order valence-electron chi connectivity index (χ0n) is 10.7. The number of aromatic nitrogens is 3. The fourth-order valence-electron chi connectivity index (χ4n) is 1.89. The largest absolute Gasteiger partial charge is 0.358 e. The van der Waals surface area contributed by atoms with Gasteiger partial charge in [-0.1, -0.05) is 6.92 Å². The Kier molecular flexibility index (Phi) is 4.19.